The number of rotatable bonds is 4. The highest BCUT2D eigenvalue weighted by Gasteiger charge is 1.96. The van der Waals surface area contributed by atoms with Gasteiger partial charge in [-0.05, 0) is 31.2 Å². The molecule has 21 heavy (non-hydrogen) atoms. The summed E-state index contributed by atoms with van der Waals surface area (Å²) >= 11 is 0. The molecule has 1 aromatic carbocycles. The first kappa shape index (κ1) is 24.1. The summed E-state index contributed by atoms with van der Waals surface area (Å²) in [5.74, 6) is 0.0127. The van der Waals surface area contributed by atoms with Crippen LogP contribution in [0.4, 0.5) is 0 Å². The zero-order valence-electron chi connectivity index (χ0n) is 14.4. The van der Waals surface area contributed by atoms with E-state index in [0.717, 1.165) is 5.56 Å². The monoisotopic (exact) mass is 289 g/mol. The van der Waals surface area contributed by atoms with Gasteiger partial charge in [0.2, 0.25) is 0 Å². The van der Waals surface area contributed by atoms with E-state index in [-0.39, 0.29) is 5.78 Å². The third kappa shape index (κ3) is 14.3. The highest BCUT2D eigenvalue weighted by Crippen LogP contribution is 2.03. The molecule has 0 unspecified atom stereocenters. The normalized spacial score (nSPS) is 9.19. The molecular formula is C19H31NO. The molecule has 0 aromatic heterocycles. The Morgan fingerprint density at radius 2 is 1.52 bits per heavy atom. The summed E-state index contributed by atoms with van der Waals surface area (Å²) in [4.78, 5) is 11.5. The van der Waals surface area contributed by atoms with Crippen LogP contribution in [0.3, 0.4) is 0 Å². The first-order chi connectivity index (χ1) is 10.2. The molecular weight excluding hydrogens is 258 g/mol. The molecule has 0 atom stereocenters. The number of carbonyl (C=O) groups is 1. The fourth-order valence-electron chi connectivity index (χ4n) is 1.13. The lowest BCUT2D eigenvalue weighted by molar-refractivity contribution is -0.111. The molecule has 0 amide bonds. The molecule has 0 saturated heterocycles. The highest BCUT2D eigenvalue weighted by molar-refractivity contribution is 6.06. The van der Waals surface area contributed by atoms with Gasteiger partial charge in [-0.2, -0.15) is 0 Å². The van der Waals surface area contributed by atoms with E-state index >= 15 is 0 Å². The van der Waals surface area contributed by atoms with Crippen LogP contribution >= 0.6 is 0 Å². The number of nitrogens with two attached hydrogens (primary N) is 1. The topological polar surface area (TPSA) is 43.1 Å². The Balaban J connectivity index is -0.000000478. The van der Waals surface area contributed by atoms with E-state index < -0.39 is 0 Å². The number of hydrogen-bond acceptors (Lipinski definition) is 2. The summed E-state index contributed by atoms with van der Waals surface area (Å²) in [6, 6.07) is 9.74. The molecule has 1 aromatic rings. The van der Waals surface area contributed by atoms with Crippen LogP contribution in [0.2, 0.25) is 0 Å². The molecule has 0 bridgehead atoms. The van der Waals surface area contributed by atoms with Crippen LogP contribution in [0.1, 0.15) is 40.2 Å². The van der Waals surface area contributed by atoms with Crippen LogP contribution in [0, 0.1) is 0 Å². The van der Waals surface area contributed by atoms with E-state index in [0.29, 0.717) is 5.57 Å². The second-order valence-corrected chi connectivity index (χ2v) is 3.19. The summed E-state index contributed by atoms with van der Waals surface area (Å²) in [5, 5.41) is 0. The molecule has 0 spiro atoms. The maximum Gasteiger partial charge on any atom is 0.181 e. The van der Waals surface area contributed by atoms with Gasteiger partial charge in [0.05, 0.1) is 0 Å². The van der Waals surface area contributed by atoms with Crippen molar-refractivity contribution in [3.63, 3.8) is 0 Å². The van der Waals surface area contributed by atoms with Crippen LogP contribution in [-0.4, -0.2) is 12.8 Å². The molecule has 2 N–H and O–H groups in total. The first-order valence-electron chi connectivity index (χ1n) is 7.38. The van der Waals surface area contributed by atoms with Gasteiger partial charge >= 0.3 is 0 Å². The van der Waals surface area contributed by atoms with Crippen LogP contribution < -0.4 is 5.73 Å². The lowest BCUT2D eigenvalue weighted by Crippen LogP contribution is -1.93. The Morgan fingerprint density at radius 3 is 1.95 bits per heavy atom. The van der Waals surface area contributed by atoms with Crippen LogP contribution in [-0.2, 0) is 4.79 Å². The maximum atomic E-state index is 11.5. The van der Waals surface area contributed by atoms with Crippen molar-refractivity contribution in [1.29, 1.82) is 0 Å². The van der Waals surface area contributed by atoms with E-state index in [1.54, 1.807) is 25.2 Å². The summed E-state index contributed by atoms with van der Waals surface area (Å²) in [5.41, 5.74) is 6.22. The largest absolute Gasteiger partial charge is 0.333 e. The summed E-state index contributed by atoms with van der Waals surface area (Å²) in [6.45, 7) is 13.3. The summed E-state index contributed by atoms with van der Waals surface area (Å²) in [7, 11) is 1.50. The number of carbonyl (C=O) groups excluding carboxylic acids is 1. The summed E-state index contributed by atoms with van der Waals surface area (Å²) < 4.78 is 0. The third-order valence-electron chi connectivity index (χ3n) is 1.98. The van der Waals surface area contributed by atoms with Gasteiger partial charge < -0.3 is 5.73 Å². The zero-order chi connectivity index (χ0) is 17.1. The Bertz CT molecular complexity index is 403. The molecule has 0 fully saturated rings. The minimum Gasteiger partial charge on any atom is -0.333 e. The first-order valence-corrected chi connectivity index (χ1v) is 7.38. The fraction of sp³-hybridized carbons (Fsp3) is 0.316. The van der Waals surface area contributed by atoms with Gasteiger partial charge in [-0.15, -0.1) is 0 Å². The van der Waals surface area contributed by atoms with Gasteiger partial charge in [-0.1, -0.05) is 82.8 Å². The van der Waals surface area contributed by atoms with Crippen molar-refractivity contribution in [2.75, 3.05) is 7.05 Å². The molecule has 2 heteroatoms. The minimum atomic E-state index is 0.0127. The van der Waals surface area contributed by atoms with Crippen molar-refractivity contribution in [3.8, 4) is 0 Å². The molecule has 0 aliphatic carbocycles. The van der Waals surface area contributed by atoms with Gasteiger partial charge in [0, 0.05) is 0 Å². The van der Waals surface area contributed by atoms with Crippen molar-refractivity contribution in [1.82, 2.24) is 0 Å². The molecule has 0 radical (unpaired) electrons. The molecule has 0 aliphatic rings. The van der Waals surface area contributed by atoms with E-state index in [1.165, 1.54) is 7.05 Å². The van der Waals surface area contributed by atoms with Gasteiger partial charge in [0.25, 0.3) is 0 Å². The Labute approximate surface area is 131 Å². The van der Waals surface area contributed by atoms with Gasteiger partial charge in [0.1, 0.15) is 0 Å². The van der Waals surface area contributed by atoms with Gasteiger partial charge in [0.15, 0.2) is 5.78 Å². The zero-order valence-corrected chi connectivity index (χ0v) is 14.4. The predicted octanol–water partition coefficient (Wildman–Crippen LogP) is 5.03. The van der Waals surface area contributed by atoms with Crippen molar-refractivity contribution >= 4 is 11.9 Å². The van der Waals surface area contributed by atoms with Crippen molar-refractivity contribution in [2.24, 2.45) is 5.73 Å². The van der Waals surface area contributed by atoms with Crippen molar-refractivity contribution in [2.45, 2.75) is 34.6 Å². The van der Waals surface area contributed by atoms with Gasteiger partial charge in [-0.25, -0.2) is 0 Å². The second kappa shape index (κ2) is 20.4. The van der Waals surface area contributed by atoms with E-state index in [2.05, 4.69) is 12.3 Å². The van der Waals surface area contributed by atoms with Crippen molar-refractivity contribution in [3.05, 3.63) is 66.3 Å². The van der Waals surface area contributed by atoms with E-state index in [1.807, 2.05) is 64.1 Å². The predicted molar refractivity (Wildman–Crippen MR) is 97.2 cm³/mol. The maximum absolute atomic E-state index is 11.5. The SMILES string of the molecule is C=C/C=C(\C)C(=O)C=Cc1ccccc1.CC.CC.CN. The Hall–Kier alpha value is -1.93. The minimum absolute atomic E-state index is 0.0127. The number of benzene rings is 1. The third-order valence-corrected chi connectivity index (χ3v) is 1.98. The standard InChI is InChI=1S/C14H14O.2C2H6.CH5N/c1-3-7-12(2)14(15)11-10-13-8-5-4-6-9-13;3*1-2/h3-11H,1H2,2H3;2*1-2H3;2H2,1H3/b11-10?,12-7+;;;. The second-order valence-electron chi connectivity index (χ2n) is 3.19. The number of hydrogen-bond donors (Lipinski definition) is 1. The van der Waals surface area contributed by atoms with Crippen molar-refractivity contribution < 1.29 is 4.79 Å². The van der Waals surface area contributed by atoms with E-state index in [4.69, 9.17) is 0 Å². The van der Waals surface area contributed by atoms with Gasteiger partial charge in [-0.3, -0.25) is 4.79 Å². The molecule has 0 aliphatic heterocycles. The molecule has 118 valence electrons. The average molecular weight is 289 g/mol. The van der Waals surface area contributed by atoms with E-state index in [9.17, 15) is 4.79 Å². The smallest absolute Gasteiger partial charge is 0.181 e. The fourth-order valence-corrected chi connectivity index (χ4v) is 1.13. The average Bonchev–Trinajstić information content (AvgIpc) is 2.59. The molecule has 0 saturated carbocycles. The van der Waals surface area contributed by atoms with Crippen LogP contribution in [0.5, 0.6) is 0 Å². The Kier molecular flexibility index (Phi) is 23.4. The van der Waals surface area contributed by atoms with Crippen LogP contribution in [0.15, 0.2) is 60.7 Å². The van der Waals surface area contributed by atoms with Crippen LogP contribution in [0.25, 0.3) is 6.08 Å². The lowest BCUT2D eigenvalue weighted by Gasteiger charge is -1.93. The number of ketones is 1. The Morgan fingerprint density at radius 1 is 1.05 bits per heavy atom. The quantitative estimate of drug-likeness (QED) is 0.624. The number of allylic oxidation sites excluding steroid dienone is 4. The lowest BCUT2D eigenvalue weighted by atomic mass is 10.1. The molecule has 0 heterocycles. The highest BCUT2D eigenvalue weighted by atomic mass is 16.1. The molecule has 2 nitrogen and oxygen atoms in total. The molecule has 1 rings (SSSR count). The summed E-state index contributed by atoms with van der Waals surface area (Å²) in [6.07, 6.45) is 6.70.